The Morgan fingerprint density at radius 3 is 2.50 bits per heavy atom. The summed E-state index contributed by atoms with van der Waals surface area (Å²) in [5, 5.41) is 0. The SMILES string of the molecule is CCCCN(CC)C(=O)[C@H](N)Cc1ccccc1. The van der Waals surface area contributed by atoms with Gasteiger partial charge in [-0.15, -0.1) is 0 Å². The zero-order chi connectivity index (χ0) is 13.4. The van der Waals surface area contributed by atoms with Crippen molar-refractivity contribution in [2.75, 3.05) is 13.1 Å². The first-order chi connectivity index (χ1) is 8.69. The van der Waals surface area contributed by atoms with Crippen LogP contribution >= 0.6 is 0 Å². The van der Waals surface area contributed by atoms with Crippen molar-refractivity contribution >= 4 is 5.91 Å². The first kappa shape index (κ1) is 14.7. The standard InChI is InChI=1S/C15H24N2O/c1-3-5-11-17(4-2)15(18)14(16)12-13-9-7-6-8-10-13/h6-10,14H,3-5,11-12,16H2,1-2H3/t14-/m1/s1. The highest BCUT2D eigenvalue weighted by Crippen LogP contribution is 2.05. The van der Waals surface area contributed by atoms with Crippen LogP contribution in [0.1, 0.15) is 32.3 Å². The molecular formula is C15H24N2O. The monoisotopic (exact) mass is 248 g/mol. The predicted molar refractivity (Wildman–Crippen MR) is 75.3 cm³/mol. The summed E-state index contributed by atoms with van der Waals surface area (Å²) in [6.45, 7) is 5.68. The van der Waals surface area contributed by atoms with Crippen LogP contribution < -0.4 is 5.73 Å². The van der Waals surface area contributed by atoms with Gasteiger partial charge in [-0.2, -0.15) is 0 Å². The summed E-state index contributed by atoms with van der Waals surface area (Å²) >= 11 is 0. The summed E-state index contributed by atoms with van der Waals surface area (Å²) in [5.41, 5.74) is 7.12. The average molecular weight is 248 g/mol. The molecule has 0 bridgehead atoms. The van der Waals surface area contributed by atoms with E-state index in [4.69, 9.17) is 5.73 Å². The van der Waals surface area contributed by atoms with Crippen LogP contribution in [0, 0.1) is 0 Å². The topological polar surface area (TPSA) is 46.3 Å². The molecule has 0 aliphatic carbocycles. The third-order valence-electron chi connectivity index (χ3n) is 3.09. The van der Waals surface area contributed by atoms with Gasteiger partial charge in [-0.25, -0.2) is 0 Å². The Bertz CT molecular complexity index is 351. The molecule has 0 aliphatic rings. The number of hydrogen-bond donors (Lipinski definition) is 1. The van der Waals surface area contributed by atoms with Crippen LogP contribution in [0.2, 0.25) is 0 Å². The molecule has 0 radical (unpaired) electrons. The quantitative estimate of drug-likeness (QED) is 0.804. The van der Waals surface area contributed by atoms with E-state index in [0.29, 0.717) is 6.42 Å². The van der Waals surface area contributed by atoms with Gasteiger partial charge in [0.1, 0.15) is 0 Å². The van der Waals surface area contributed by atoms with E-state index < -0.39 is 6.04 Å². The second kappa shape index (κ2) is 7.88. The Kier molecular flexibility index (Phi) is 6.44. The number of rotatable bonds is 7. The zero-order valence-corrected chi connectivity index (χ0v) is 11.4. The number of carbonyl (C=O) groups is 1. The molecule has 0 spiro atoms. The fraction of sp³-hybridized carbons (Fsp3) is 0.533. The van der Waals surface area contributed by atoms with E-state index in [2.05, 4.69) is 6.92 Å². The zero-order valence-electron chi connectivity index (χ0n) is 11.4. The van der Waals surface area contributed by atoms with E-state index in [1.165, 1.54) is 0 Å². The van der Waals surface area contributed by atoms with Crippen molar-refractivity contribution in [1.29, 1.82) is 0 Å². The number of unbranched alkanes of at least 4 members (excludes halogenated alkanes) is 1. The van der Waals surface area contributed by atoms with E-state index in [1.807, 2.05) is 42.2 Å². The Labute approximate surface area is 110 Å². The van der Waals surface area contributed by atoms with Gasteiger partial charge >= 0.3 is 0 Å². The molecule has 1 atom stereocenters. The molecule has 0 fully saturated rings. The first-order valence-corrected chi connectivity index (χ1v) is 6.77. The van der Waals surface area contributed by atoms with Gasteiger partial charge in [0.2, 0.25) is 5.91 Å². The number of amides is 1. The molecule has 2 N–H and O–H groups in total. The lowest BCUT2D eigenvalue weighted by atomic mass is 10.1. The normalized spacial score (nSPS) is 12.2. The summed E-state index contributed by atoms with van der Waals surface area (Å²) in [5.74, 6) is 0.0646. The number of benzene rings is 1. The lowest BCUT2D eigenvalue weighted by molar-refractivity contribution is -0.132. The second-order valence-electron chi connectivity index (χ2n) is 4.57. The number of nitrogens with two attached hydrogens (primary N) is 1. The van der Waals surface area contributed by atoms with Crippen molar-refractivity contribution in [3.05, 3.63) is 35.9 Å². The molecule has 3 nitrogen and oxygen atoms in total. The van der Waals surface area contributed by atoms with Gasteiger partial charge in [-0.1, -0.05) is 43.7 Å². The molecule has 18 heavy (non-hydrogen) atoms. The van der Waals surface area contributed by atoms with Crippen molar-refractivity contribution in [3.8, 4) is 0 Å². The summed E-state index contributed by atoms with van der Waals surface area (Å²) in [7, 11) is 0. The van der Waals surface area contributed by atoms with Crippen LogP contribution in [-0.4, -0.2) is 29.9 Å². The summed E-state index contributed by atoms with van der Waals surface area (Å²) in [6, 6.07) is 9.51. The lowest BCUT2D eigenvalue weighted by Crippen LogP contribution is -2.45. The third kappa shape index (κ3) is 4.49. The van der Waals surface area contributed by atoms with E-state index in [-0.39, 0.29) is 5.91 Å². The number of carbonyl (C=O) groups excluding carboxylic acids is 1. The van der Waals surface area contributed by atoms with Gasteiger partial charge < -0.3 is 10.6 Å². The predicted octanol–water partition coefficient (Wildman–Crippen LogP) is 2.21. The minimum atomic E-state index is -0.427. The number of nitrogens with zero attached hydrogens (tertiary/aromatic N) is 1. The van der Waals surface area contributed by atoms with Crippen LogP contribution in [0.15, 0.2) is 30.3 Å². The molecule has 1 aromatic carbocycles. The summed E-state index contributed by atoms with van der Waals surface area (Å²) in [6.07, 6.45) is 2.75. The molecule has 3 heteroatoms. The van der Waals surface area contributed by atoms with Crippen LogP contribution in [0.4, 0.5) is 0 Å². The summed E-state index contributed by atoms with van der Waals surface area (Å²) < 4.78 is 0. The summed E-state index contributed by atoms with van der Waals surface area (Å²) in [4.78, 5) is 14.0. The van der Waals surface area contributed by atoms with Gasteiger partial charge in [-0.05, 0) is 25.3 Å². The molecule has 100 valence electrons. The maximum absolute atomic E-state index is 12.2. The minimum absolute atomic E-state index is 0.0646. The van der Waals surface area contributed by atoms with E-state index in [9.17, 15) is 4.79 Å². The van der Waals surface area contributed by atoms with Crippen LogP contribution in [0.25, 0.3) is 0 Å². The molecule has 1 aromatic rings. The molecular weight excluding hydrogens is 224 g/mol. The molecule has 0 aliphatic heterocycles. The third-order valence-corrected chi connectivity index (χ3v) is 3.09. The van der Waals surface area contributed by atoms with Gasteiger partial charge in [0.25, 0.3) is 0 Å². The van der Waals surface area contributed by atoms with Gasteiger partial charge in [0, 0.05) is 13.1 Å². The molecule has 0 heterocycles. The average Bonchev–Trinajstić information content (AvgIpc) is 2.40. The maximum atomic E-state index is 12.2. The fourth-order valence-electron chi connectivity index (χ4n) is 1.96. The van der Waals surface area contributed by atoms with E-state index in [1.54, 1.807) is 0 Å². The lowest BCUT2D eigenvalue weighted by Gasteiger charge is -2.24. The molecule has 0 unspecified atom stereocenters. The van der Waals surface area contributed by atoms with Crippen molar-refractivity contribution in [2.24, 2.45) is 5.73 Å². The van der Waals surface area contributed by atoms with Crippen LogP contribution in [-0.2, 0) is 11.2 Å². The Balaban J connectivity index is 2.54. The largest absolute Gasteiger partial charge is 0.342 e. The number of hydrogen-bond acceptors (Lipinski definition) is 2. The smallest absolute Gasteiger partial charge is 0.239 e. The van der Waals surface area contributed by atoms with E-state index in [0.717, 1.165) is 31.5 Å². The first-order valence-electron chi connectivity index (χ1n) is 6.77. The fourth-order valence-corrected chi connectivity index (χ4v) is 1.96. The van der Waals surface area contributed by atoms with Gasteiger partial charge in [0.15, 0.2) is 0 Å². The van der Waals surface area contributed by atoms with E-state index >= 15 is 0 Å². The second-order valence-corrected chi connectivity index (χ2v) is 4.57. The van der Waals surface area contributed by atoms with Crippen molar-refractivity contribution in [2.45, 2.75) is 39.2 Å². The van der Waals surface area contributed by atoms with Crippen molar-refractivity contribution in [1.82, 2.24) is 4.90 Å². The molecule has 0 saturated heterocycles. The van der Waals surface area contributed by atoms with Crippen molar-refractivity contribution in [3.63, 3.8) is 0 Å². The highest BCUT2D eigenvalue weighted by Gasteiger charge is 2.19. The maximum Gasteiger partial charge on any atom is 0.239 e. The Morgan fingerprint density at radius 2 is 1.94 bits per heavy atom. The van der Waals surface area contributed by atoms with Gasteiger partial charge in [0.05, 0.1) is 6.04 Å². The molecule has 0 saturated carbocycles. The highest BCUT2D eigenvalue weighted by atomic mass is 16.2. The Morgan fingerprint density at radius 1 is 1.28 bits per heavy atom. The van der Waals surface area contributed by atoms with Crippen LogP contribution in [0.5, 0.6) is 0 Å². The molecule has 1 rings (SSSR count). The molecule has 0 aromatic heterocycles. The number of likely N-dealkylation sites (N-methyl/N-ethyl adjacent to an activating group) is 1. The Hall–Kier alpha value is -1.35. The highest BCUT2D eigenvalue weighted by molar-refractivity contribution is 5.81. The van der Waals surface area contributed by atoms with Crippen molar-refractivity contribution < 1.29 is 4.79 Å². The molecule has 1 amide bonds. The van der Waals surface area contributed by atoms with Gasteiger partial charge in [-0.3, -0.25) is 4.79 Å². The minimum Gasteiger partial charge on any atom is -0.342 e. The van der Waals surface area contributed by atoms with Crippen LogP contribution in [0.3, 0.4) is 0 Å².